The van der Waals surface area contributed by atoms with Crippen LogP contribution >= 0.6 is 0 Å². The maximum Gasteiger partial charge on any atom is 0.344 e. The first-order chi connectivity index (χ1) is 27.9. The van der Waals surface area contributed by atoms with Gasteiger partial charge in [0.25, 0.3) is 0 Å². The third-order valence-electron chi connectivity index (χ3n) is 15.4. The van der Waals surface area contributed by atoms with Crippen molar-refractivity contribution in [2.24, 2.45) is 17.3 Å². The predicted molar refractivity (Wildman–Crippen MR) is 220 cm³/mol. The van der Waals surface area contributed by atoms with Crippen molar-refractivity contribution in [3.8, 4) is 5.75 Å². The highest BCUT2D eigenvalue weighted by Crippen LogP contribution is 2.68. The summed E-state index contributed by atoms with van der Waals surface area (Å²) in [5, 5.41) is 14.4. The number of allylic oxidation sites excluding steroid dienone is 2. The Bertz CT molecular complexity index is 2260. The van der Waals surface area contributed by atoms with Crippen LogP contribution in [0.2, 0.25) is 0 Å². The molecule has 0 amide bonds. The number of benzene rings is 2. The number of H-pyrrole nitrogens is 1. The molecular weight excluding hydrogens is 735 g/mol. The van der Waals surface area contributed by atoms with E-state index in [9.17, 15) is 14.7 Å². The zero-order chi connectivity index (χ0) is 40.9. The molecule has 9 rings (SSSR count). The van der Waals surface area contributed by atoms with Crippen LogP contribution in [-0.4, -0.2) is 98.2 Å². The molecule has 6 aliphatic rings. The number of aryl methyl sites for hydroxylation is 1. The van der Waals surface area contributed by atoms with E-state index >= 15 is 4.79 Å². The van der Waals surface area contributed by atoms with Crippen molar-refractivity contribution >= 4 is 34.5 Å². The molecular formula is C47H57N3O8. The fourth-order valence-electron chi connectivity index (χ4n) is 13.4. The third kappa shape index (κ3) is 4.95. The lowest BCUT2D eigenvalue weighted by Crippen LogP contribution is -2.81. The fourth-order valence-corrected chi connectivity index (χ4v) is 13.4. The van der Waals surface area contributed by atoms with E-state index in [0.29, 0.717) is 49.6 Å². The van der Waals surface area contributed by atoms with E-state index in [-0.39, 0.29) is 17.9 Å². The normalized spacial score (nSPS) is 34.7. The number of esters is 3. The van der Waals surface area contributed by atoms with Crippen LogP contribution in [0.25, 0.3) is 10.9 Å². The molecule has 3 aliphatic heterocycles. The number of likely N-dealkylation sites (N-methyl/N-ethyl adjacent to an activating group) is 1. The van der Waals surface area contributed by atoms with E-state index in [4.69, 9.17) is 18.9 Å². The van der Waals surface area contributed by atoms with Crippen molar-refractivity contribution in [2.45, 2.75) is 107 Å². The highest BCUT2D eigenvalue weighted by atomic mass is 16.6. The number of carbonyl (C=O) groups is 3. The lowest BCUT2D eigenvalue weighted by molar-refractivity contribution is -0.228. The molecule has 308 valence electrons. The Morgan fingerprint density at radius 3 is 2.50 bits per heavy atom. The second-order valence-corrected chi connectivity index (χ2v) is 17.9. The van der Waals surface area contributed by atoms with E-state index in [2.05, 4.69) is 59.3 Å². The second kappa shape index (κ2) is 13.7. The van der Waals surface area contributed by atoms with Gasteiger partial charge in [-0.1, -0.05) is 55.8 Å². The van der Waals surface area contributed by atoms with Crippen LogP contribution in [0.5, 0.6) is 5.75 Å². The molecule has 1 saturated carbocycles. The standard InChI is InChI=1S/C47H57N3O8/c1-8-28-21-29-15-16-32-31-13-10-11-14-35(31)48-38(32)46(42(52)56-6,26-30(22-28)23-29)34-24-33-36(25-37(34)55-5)49(4)40-45(33)18-20-50-19-12-17-44(9-2,39(45)50)41(58-27(3)51)47(40,54)43(53)57-7/h10-14,17,22,24-25,29-30,39-41,48,54H,8-9,15-16,18-21,23,26H2,1-7H3/t29?,30-,39-,40+,41+,44+,45+,46-,47-/m0/s1. The van der Waals surface area contributed by atoms with E-state index in [1.54, 1.807) is 7.11 Å². The van der Waals surface area contributed by atoms with Crippen molar-refractivity contribution in [2.75, 3.05) is 46.4 Å². The molecule has 2 aromatic carbocycles. The van der Waals surface area contributed by atoms with Gasteiger partial charge in [0.05, 0.1) is 27.4 Å². The number of aromatic nitrogens is 1. The van der Waals surface area contributed by atoms with Crippen LogP contribution in [0.4, 0.5) is 5.69 Å². The van der Waals surface area contributed by atoms with Crippen molar-refractivity contribution in [1.82, 2.24) is 9.88 Å². The monoisotopic (exact) mass is 791 g/mol. The third-order valence-corrected chi connectivity index (χ3v) is 15.4. The van der Waals surface area contributed by atoms with Crippen molar-refractivity contribution in [3.63, 3.8) is 0 Å². The number of para-hydroxylation sites is 1. The molecule has 1 aromatic heterocycles. The van der Waals surface area contributed by atoms with E-state index < -0.39 is 45.9 Å². The smallest absolute Gasteiger partial charge is 0.344 e. The summed E-state index contributed by atoms with van der Waals surface area (Å²) in [5.41, 5.74) is 1.35. The molecule has 2 bridgehead atoms. The number of carbonyl (C=O) groups excluding carboxylic acids is 3. The summed E-state index contributed by atoms with van der Waals surface area (Å²) >= 11 is 0. The number of hydrogen-bond acceptors (Lipinski definition) is 10. The number of fused-ring (bicyclic) bond motifs is 6. The zero-order valence-electron chi connectivity index (χ0n) is 34.9. The van der Waals surface area contributed by atoms with Crippen LogP contribution in [-0.2, 0) is 45.8 Å². The van der Waals surface area contributed by atoms with Gasteiger partial charge in [0, 0.05) is 71.3 Å². The number of nitrogens with one attached hydrogen (secondary N) is 1. The van der Waals surface area contributed by atoms with E-state index in [1.165, 1.54) is 26.7 Å². The van der Waals surface area contributed by atoms with Gasteiger partial charge in [-0.25, -0.2) is 4.79 Å². The number of methoxy groups -OCH3 is 3. The number of aliphatic hydroxyl groups is 1. The van der Waals surface area contributed by atoms with Gasteiger partial charge in [0.2, 0.25) is 5.60 Å². The molecule has 9 atom stereocenters. The summed E-state index contributed by atoms with van der Waals surface area (Å²) < 4.78 is 24.0. The number of rotatable bonds is 7. The van der Waals surface area contributed by atoms with Crippen molar-refractivity contribution in [3.05, 3.63) is 82.6 Å². The van der Waals surface area contributed by atoms with Crippen LogP contribution in [0, 0.1) is 17.3 Å². The number of ether oxygens (including phenoxy) is 4. The van der Waals surface area contributed by atoms with Crippen molar-refractivity contribution < 1.29 is 38.4 Å². The Morgan fingerprint density at radius 2 is 1.79 bits per heavy atom. The van der Waals surface area contributed by atoms with Gasteiger partial charge in [-0.3, -0.25) is 14.5 Å². The summed E-state index contributed by atoms with van der Waals surface area (Å²) in [4.78, 5) is 50.9. The molecule has 11 heteroatoms. The SMILES string of the molecule is CCC1=C[C@H]2CC(CCc3c([nH]c4ccccc34)[C@@](C(=O)OC)(c3cc4c(cc3OC)N(C)[C@H]3[C@@](O)(C(=O)OC)[C@H](OC(C)=O)[C@]5(CC)C=CCN6CC[C@]43[C@@H]65)C2)C1. The van der Waals surface area contributed by atoms with Crippen LogP contribution in [0.15, 0.2) is 60.2 Å². The minimum absolute atomic E-state index is 0.0958. The molecule has 2 N–H and O–H groups in total. The zero-order valence-corrected chi connectivity index (χ0v) is 34.9. The van der Waals surface area contributed by atoms with Gasteiger partial charge >= 0.3 is 17.9 Å². The lowest BCUT2D eigenvalue weighted by Gasteiger charge is -2.63. The van der Waals surface area contributed by atoms with E-state index in [0.717, 1.165) is 65.5 Å². The average molecular weight is 792 g/mol. The minimum Gasteiger partial charge on any atom is -0.496 e. The molecule has 1 unspecified atom stereocenters. The quantitative estimate of drug-likeness (QED) is 0.160. The number of nitrogens with zero attached hydrogens (tertiary/aromatic N) is 2. The topological polar surface area (TPSA) is 131 Å². The van der Waals surface area contributed by atoms with Gasteiger partial charge < -0.3 is 33.9 Å². The molecule has 1 saturated heterocycles. The highest BCUT2D eigenvalue weighted by Gasteiger charge is 2.80. The second-order valence-electron chi connectivity index (χ2n) is 17.9. The largest absolute Gasteiger partial charge is 0.496 e. The molecule has 1 spiro atoms. The lowest BCUT2D eigenvalue weighted by atomic mass is 9.47. The molecule has 3 aromatic rings. The van der Waals surface area contributed by atoms with Gasteiger partial charge in [0.15, 0.2) is 6.10 Å². The molecule has 0 radical (unpaired) electrons. The molecule has 58 heavy (non-hydrogen) atoms. The molecule has 2 fully saturated rings. The first-order valence-electron chi connectivity index (χ1n) is 21.1. The van der Waals surface area contributed by atoms with Gasteiger partial charge in [-0.05, 0) is 93.0 Å². The molecule has 4 heterocycles. The Kier molecular flexibility index (Phi) is 9.20. The van der Waals surface area contributed by atoms with Crippen LogP contribution in [0.1, 0.15) is 88.1 Å². The summed E-state index contributed by atoms with van der Waals surface area (Å²) in [6.45, 7) is 6.93. The summed E-state index contributed by atoms with van der Waals surface area (Å²) in [6.07, 6.45) is 11.7. The predicted octanol–water partition coefficient (Wildman–Crippen LogP) is 6.28. The number of aromatic amines is 1. The van der Waals surface area contributed by atoms with Gasteiger partial charge in [-0.2, -0.15) is 0 Å². The van der Waals surface area contributed by atoms with Gasteiger partial charge in [0.1, 0.15) is 11.2 Å². The number of hydrogen-bond donors (Lipinski definition) is 2. The summed E-state index contributed by atoms with van der Waals surface area (Å²) in [7, 11) is 6.27. The van der Waals surface area contributed by atoms with Crippen molar-refractivity contribution in [1.29, 1.82) is 0 Å². The van der Waals surface area contributed by atoms with Crippen LogP contribution < -0.4 is 9.64 Å². The fraction of sp³-hybridized carbons (Fsp3) is 0.553. The molecule has 3 aliphatic carbocycles. The number of anilines is 1. The van der Waals surface area contributed by atoms with E-state index in [1.807, 2.05) is 31.0 Å². The van der Waals surface area contributed by atoms with Crippen LogP contribution in [0.3, 0.4) is 0 Å². The maximum atomic E-state index is 15.3. The Hall–Kier alpha value is -4.61. The minimum atomic E-state index is -2.27. The Morgan fingerprint density at radius 1 is 1.02 bits per heavy atom. The maximum absolute atomic E-state index is 15.3. The Labute approximate surface area is 340 Å². The average Bonchev–Trinajstić information content (AvgIpc) is 3.89. The summed E-state index contributed by atoms with van der Waals surface area (Å²) in [6, 6.07) is 11.3. The van der Waals surface area contributed by atoms with Gasteiger partial charge in [-0.15, -0.1) is 0 Å². The summed E-state index contributed by atoms with van der Waals surface area (Å²) in [5.74, 6) is -0.703. The first kappa shape index (κ1) is 38.9. The Balaban J connectivity index is 1.37. The molecule has 11 nitrogen and oxygen atoms in total. The highest BCUT2D eigenvalue weighted by molar-refractivity contribution is 5.95. The first-order valence-corrected chi connectivity index (χ1v) is 21.1.